The zero-order valence-corrected chi connectivity index (χ0v) is 9.42. The molecule has 2 rings (SSSR count). The van der Waals surface area contributed by atoms with Crippen molar-refractivity contribution in [1.82, 2.24) is 4.98 Å². The Balaban J connectivity index is 2.30. The van der Waals surface area contributed by atoms with E-state index < -0.39 is 5.97 Å². The van der Waals surface area contributed by atoms with Gasteiger partial charge >= 0.3 is 5.97 Å². The second-order valence-electron chi connectivity index (χ2n) is 3.61. The zero-order chi connectivity index (χ0) is 13.0. The van der Waals surface area contributed by atoms with Gasteiger partial charge in [-0.3, -0.25) is 0 Å². The summed E-state index contributed by atoms with van der Waals surface area (Å²) >= 11 is 0. The maximum Gasteiger partial charge on any atom is 0.354 e. The van der Waals surface area contributed by atoms with Gasteiger partial charge in [0.1, 0.15) is 5.69 Å². The number of carbonyl (C=O) groups is 1. The van der Waals surface area contributed by atoms with E-state index in [2.05, 4.69) is 16.8 Å². The first-order valence-corrected chi connectivity index (χ1v) is 5.22. The first-order chi connectivity index (χ1) is 8.65. The molecule has 1 heterocycles. The van der Waals surface area contributed by atoms with Gasteiger partial charge in [-0.2, -0.15) is 0 Å². The Morgan fingerprint density at radius 1 is 1.17 bits per heavy atom. The Morgan fingerprint density at radius 3 is 2.56 bits per heavy atom. The number of nitrogen functional groups attached to an aromatic ring is 1. The summed E-state index contributed by atoms with van der Waals surface area (Å²) in [5, 5.41) is 8.80. The molecule has 0 unspecified atom stereocenters. The molecule has 2 aromatic rings. The van der Waals surface area contributed by atoms with Crippen LogP contribution in [0.15, 0.2) is 42.6 Å². The first-order valence-electron chi connectivity index (χ1n) is 5.22. The minimum atomic E-state index is -1.07. The molecule has 0 atom stereocenters. The lowest BCUT2D eigenvalue weighted by Gasteiger charge is -1.94. The monoisotopic (exact) mass is 238 g/mol. The molecule has 0 aliphatic heterocycles. The van der Waals surface area contributed by atoms with Crippen LogP contribution in [0.5, 0.6) is 0 Å². The van der Waals surface area contributed by atoms with Gasteiger partial charge < -0.3 is 10.8 Å². The summed E-state index contributed by atoms with van der Waals surface area (Å²) in [4.78, 5) is 14.5. The minimum absolute atomic E-state index is 0.0191. The second-order valence-corrected chi connectivity index (χ2v) is 3.61. The number of pyridine rings is 1. The molecule has 88 valence electrons. The van der Waals surface area contributed by atoms with Crippen molar-refractivity contribution in [3.8, 4) is 11.8 Å². The van der Waals surface area contributed by atoms with E-state index in [1.165, 1.54) is 12.3 Å². The molecule has 18 heavy (non-hydrogen) atoms. The molecule has 0 spiro atoms. The lowest BCUT2D eigenvalue weighted by atomic mass is 10.1. The highest BCUT2D eigenvalue weighted by Gasteiger charge is 2.03. The third-order valence-corrected chi connectivity index (χ3v) is 2.22. The molecular weight excluding hydrogens is 228 g/mol. The first kappa shape index (κ1) is 11.7. The Morgan fingerprint density at radius 2 is 1.89 bits per heavy atom. The lowest BCUT2D eigenvalue weighted by Crippen LogP contribution is -1.99. The molecule has 0 amide bonds. The average Bonchev–Trinajstić information content (AvgIpc) is 2.37. The Kier molecular flexibility index (Phi) is 3.26. The molecule has 1 aromatic heterocycles. The maximum atomic E-state index is 10.7. The molecule has 3 N–H and O–H groups in total. The van der Waals surface area contributed by atoms with Gasteiger partial charge in [0, 0.05) is 23.0 Å². The van der Waals surface area contributed by atoms with Crippen molar-refractivity contribution in [2.75, 3.05) is 5.73 Å². The van der Waals surface area contributed by atoms with Crippen LogP contribution in [0.1, 0.15) is 21.6 Å². The van der Waals surface area contributed by atoms with Crippen molar-refractivity contribution >= 4 is 11.7 Å². The van der Waals surface area contributed by atoms with Crippen molar-refractivity contribution < 1.29 is 9.90 Å². The van der Waals surface area contributed by atoms with Crippen LogP contribution < -0.4 is 5.73 Å². The fourth-order valence-corrected chi connectivity index (χ4v) is 1.39. The fraction of sp³-hybridized carbons (Fsp3) is 0. The average molecular weight is 238 g/mol. The standard InChI is InChI=1S/C14H10N2O2/c15-12-3-1-2-10(8-12)4-5-11-6-7-16-13(9-11)14(17)18/h1-3,6-9H,15H2,(H,17,18). The normalized spacial score (nSPS) is 9.33. The third kappa shape index (κ3) is 2.86. The van der Waals surface area contributed by atoms with E-state index in [9.17, 15) is 4.79 Å². The number of carboxylic acid groups (broad SMARTS) is 1. The smallest absolute Gasteiger partial charge is 0.354 e. The molecule has 4 nitrogen and oxygen atoms in total. The van der Waals surface area contributed by atoms with Gasteiger partial charge in [0.25, 0.3) is 0 Å². The second kappa shape index (κ2) is 5.02. The Labute approximate surface area is 104 Å². The van der Waals surface area contributed by atoms with Crippen LogP contribution in [-0.2, 0) is 0 Å². The third-order valence-electron chi connectivity index (χ3n) is 2.22. The van der Waals surface area contributed by atoms with Crippen LogP contribution in [0.4, 0.5) is 5.69 Å². The van der Waals surface area contributed by atoms with E-state index in [0.717, 1.165) is 5.56 Å². The van der Waals surface area contributed by atoms with E-state index in [1.807, 2.05) is 12.1 Å². The van der Waals surface area contributed by atoms with Gasteiger partial charge in [0.05, 0.1) is 0 Å². The number of rotatable bonds is 1. The minimum Gasteiger partial charge on any atom is -0.477 e. The number of aromatic nitrogens is 1. The highest BCUT2D eigenvalue weighted by Crippen LogP contribution is 2.06. The highest BCUT2D eigenvalue weighted by molar-refractivity contribution is 5.85. The summed E-state index contributed by atoms with van der Waals surface area (Å²) in [6.45, 7) is 0. The molecule has 0 saturated heterocycles. The van der Waals surface area contributed by atoms with Gasteiger partial charge in [0.2, 0.25) is 0 Å². The number of hydrogen-bond donors (Lipinski definition) is 2. The maximum absolute atomic E-state index is 10.7. The van der Waals surface area contributed by atoms with E-state index in [-0.39, 0.29) is 5.69 Å². The summed E-state index contributed by atoms with van der Waals surface area (Å²) in [6.07, 6.45) is 1.42. The largest absolute Gasteiger partial charge is 0.477 e. The van der Waals surface area contributed by atoms with Crippen molar-refractivity contribution in [3.63, 3.8) is 0 Å². The van der Waals surface area contributed by atoms with Crippen LogP contribution in [-0.4, -0.2) is 16.1 Å². The van der Waals surface area contributed by atoms with E-state index >= 15 is 0 Å². The van der Waals surface area contributed by atoms with Crippen LogP contribution >= 0.6 is 0 Å². The van der Waals surface area contributed by atoms with Crippen LogP contribution in [0, 0.1) is 11.8 Å². The summed E-state index contributed by atoms with van der Waals surface area (Å²) in [5.41, 5.74) is 7.64. The van der Waals surface area contributed by atoms with Gasteiger partial charge in [0.15, 0.2) is 0 Å². The Bertz CT molecular complexity index is 654. The summed E-state index contributed by atoms with van der Waals surface area (Å²) in [6, 6.07) is 10.3. The van der Waals surface area contributed by atoms with E-state index in [1.54, 1.807) is 18.2 Å². The quantitative estimate of drug-likeness (QED) is 0.586. The van der Waals surface area contributed by atoms with Crippen molar-refractivity contribution in [2.24, 2.45) is 0 Å². The van der Waals surface area contributed by atoms with Gasteiger partial charge in [-0.15, -0.1) is 0 Å². The van der Waals surface area contributed by atoms with Gasteiger partial charge in [-0.05, 0) is 30.3 Å². The van der Waals surface area contributed by atoms with Crippen LogP contribution in [0.25, 0.3) is 0 Å². The lowest BCUT2D eigenvalue weighted by molar-refractivity contribution is 0.0690. The zero-order valence-electron chi connectivity index (χ0n) is 9.42. The number of hydrogen-bond acceptors (Lipinski definition) is 3. The molecule has 0 fully saturated rings. The topological polar surface area (TPSA) is 76.2 Å². The summed E-state index contributed by atoms with van der Waals surface area (Å²) < 4.78 is 0. The summed E-state index contributed by atoms with van der Waals surface area (Å²) in [7, 11) is 0. The number of carboxylic acids is 1. The number of anilines is 1. The molecule has 0 saturated carbocycles. The molecule has 4 heteroatoms. The molecule has 0 aliphatic rings. The van der Waals surface area contributed by atoms with Gasteiger partial charge in [-0.1, -0.05) is 17.9 Å². The van der Waals surface area contributed by atoms with Crippen molar-refractivity contribution in [2.45, 2.75) is 0 Å². The molecular formula is C14H10N2O2. The van der Waals surface area contributed by atoms with Gasteiger partial charge in [-0.25, -0.2) is 9.78 Å². The molecule has 1 aromatic carbocycles. The number of nitrogens with two attached hydrogens (primary N) is 1. The van der Waals surface area contributed by atoms with Crippen LogP contribution in [0.2, 0.25) is 0 Å². The molecule has 0 bridgehead atoms. The number of aromatic carboxylic acids is 1. The predicted octanol–water partition coefficient (Wildman–Crippen LogP) is 1.76. The number of benzene rings is 1. The van der Waals surface area contributed by atoms with E-state index in [0.29, 0.717) is 11.3 Å². The fourth-order valence-electron chi connectivity index (χ4n) is 1.39. The van der Waals surface area contributed by atoms with Crippen molar-refractivity contribution in [1.29, 1.82) is 0 Å². The van der Waals surface area contributed by atoms with Crippen molar-refractivity contribution in [3.05, 3.63) is 59.4 Å². The van der Waals surface area contributed by atoms with Crippen LogP contribution in [0.3, 0.4) is 0 Å². The molecule has 0 aliphatic carbocycles. The number of nitrogens with zero attached hydrogens (tertiary/aromatic N) is 1. The summed E-state index contributed by atoms with van der Waals surface area (Å²) in [5.74, 6) is 4.72. The molecule has 0 radical (unpaired) electrons. The predicted molar refractivity (Wildman–Crippen MR) is 68.0 cm³/mol. The highest BCUT2D eigenvalue weighted by atomic mass is 16.4. The van der Waals surface area contributed by atoms with E-state index in [4.69, 9.17) is 10.8 Å². The Hall–Kier alpha value is -2.80. The SMILES string of the molecule is Nc1cccc(C#Cc2ccnc(C(=O)O)c2)c1.